The molecular weight excluding hydrogens is 226 g/mol. The lowest BCUT2D eigenvalue weighted by Crippen LogP contribution is -2.46. The van der Waals surface area contributed by atoms with Crippen molar-refractivity contribution in [3.05, 3.63) is 0 Å². The van der Waals surface area contributed by atoms with Gasteiger partial charge in [-0.25, -0.2) is 0 Å². The highest BCUT2D eigenvalue weighted by molar-refractivity contribution is 5.76. The number of esters is 1. The Hall–Kier alpha value is -0.570. The molecule has 0 radical (unpaired) electrons. The highest BCUT2D eigenvalue weighted by Gasteiger charge is 2.31. The molecule has 1 heterocycles. The number of nitrogens with one attached hydrogen (secondary N) is 1. The van der Waals surface area contributed by atoms with E-state index in [0.717, 1.165) is 19.4 Å². The molecule has 1 saturated heterocycles. The van der Waals surface area contributed by atoms with Crippen LogP contribution in [0.15, 0.2) is 0 Å². The van der Waals surface area contributed by atoms with Crippen molar-refractivity contribution in [2.45, 2.75) is 70.9 Å². The second-order valence-electron chi connectivity index (χ2n) is 6.04. The Labute approximate surface area is 111 Å². The van der Waals surface area contributed by atoms with E-state index in [1.165, 1.54) is 32.1 Å². The first kappa shape index (κ1) is 13.9. The monoisotopic (exact) mass is 253 g/mol. The summed E-state index contributed by atoms with van der Waals surface area (Å²) in [6.45, 7) is 5.38. The zero-order valence-electron chi connectivity index (χ0n) is 11.8. The zero-order chi connectivity index (χ0) is 13.0. The molecule has 0 aromatic carbocycles. The predicted molar refractivity (Wildman–Crippen MR) is 72.3 cm³/mol. The number of hydrogen-bond acceptors (Lipinski definition) is 3. The minimum Gasteiger partial charge on any atom is -0.461 e. The smallest absolute Gasteiger partial charge is 0.323 e. The Morgan fingerprint density at radius 3 is 2.78 bits per heavy atom. The summed E-state index contributed by atoms with van der Waals surface area (Å²) in [6.07, 6.45) is 8.23. The summed E-state index contributed by atoms with van der Waals surface area (Å²) in [4.78, 5) is 12.2. The van der Waals surface area contributed by atoms with E-state index in [4.69, 9.17) is 4.74 Å². The maximum Gasteiger partial charge on any atom is 0.323 e. The number of hydrogen-bond donors (Lipinski definition) is 1. The average Bonchev–Trinajstić information content (AvgIpc) is 2.41. The van der Waals surface area contributed by atoms with Crippen LogP contribution in [0.4, 0.5) is 0 Å². The molecule has 1 N–H and O–H groups in total. The molecule has 0 bridgehead atoms. The lowest BCUT2D eigenvalue weighted by molar-refractivity contribution is -0.156. The van der Waals surface area contributed by atoms with E-state index in [2.05, 4.69) is 19.2 Å². The van der Waals surface area contributed by atoms with Crippen molar-refractivity contribution < 1.29 is 9.53 Å². The first-order chi connectivity index (χ1) is 8.70. The van der Waals surface area contributed by atoms with Crippen molar-refractivity contribution in [3.8, 4) is 0 Å². The van der Waals surface area contributed by atoms with Gasteiger partial charge >= 0.3 is 5.97 Å². The molecule has 4 unspecified atom stereocenters. The van der Waals surface area contributed by atoms with Gasteiger partial charge in [-0.05, 0) is 50.5 Å². The van der Waals surface area contributed by atoms with Crippen molar-refractivity contribution in [2.24, 2.45) is 11.8 Å². The van der Waals surface area contributed by atoms with Crippen LogP contribution in [0.25, 0.3) is 0 Å². The van der Waals surface area contributed by atoms with E-state index in [-0.39, 0.29) is 18.1 Å². The molecule has 1 aliphatic carbocycles. The van der Waals surface area contributed by atoms with Crippen molar-refractivity contribution in [2.75, 3.05) is 6.54 Å². The van der Waals surface area contributed by atoms with Crippen molar-refractivity contribution in [1.29, 1.82) is 0 Å². The van der Waals surface area contributed by atoms with Gasteiger partial charge in [0, 0.05) is 0 Å². The molecule has 104 valence electrons. The highest BCUT2D eigenvalue weighted by Crippen LogP contribution is 2.27. The number of rotatable bonds is 3. The van der Waals surface area contributed by atoms with Gasteiger partial charge in [0.1, 0.15) is 12.1 Å². The third-order valence-electron chi connectivity index (χ3n) is 4.67. The van der Waals surface area contributed by atoms with Crippen molar-refractivity contribution in [3.63, 3.8) is 0 Å². The first-order valence-electron chi connectivity index (χ1n) is 7.64. The summed E-state index contributed by atoms with van der Waals surface area (Å²) in [5, 5.41) is 3.31. The van der Waals surface area contributed by atoms with Crippen molar-refractivity contribution in [1.82, 2.24) is 5.32 Å². The number of carbonyl (C=O) groups excluding carboxylic acids is 1. The fourth-order valence-electron chi connectivity index (χ4n) is 3.24. The fourth-order valence-corrected chi connectivity index (χ4v) is 3.24. The molecule has 1 saturated carbocycles. The largest absolute Gasteiger partial charge is 0.461 e. The molecule has 4 atom stereocenters. The fraction of sp³-hybridized carbons (Fsp3) is 0.933. The first-order valence-corrected chi connectivity index (χ1v) is 7.64. The predicted octanol–water partition coefficient (Wildman–Crippen LogP) is 2.89. The van der Waals surface area contributed by atoms with E-state index >= 15 is 0 Å². The van der Waals surface area contributed by atoms with E-state index in [1.54, 1.807) is 0 Å². The van der Waals surface area contributed by atoms with Gasteiger partial charge in [-0.3, -0.25) is 4.79 Å². The number of ether oxygens (including phenoxy) is 1. The maximum absolute atomic E-state index is 12.2. The van der Waals surface area contributed by atoms with Crippen molar-refractivity contribution >= 4 is 5.97 Å². The molecule has 0 aromatic rings. The summed E-state index contributed by atoms with van der Waals surface area (Å²) >= 11 is 0. The minimum absolute atomic E-state index is 0.00750. The van der Waals surface area contributed by atoms with Crippen LogP contribution in [-0.2, 0) is 9.53 Å². The van der Waals surface area contributed by atoms with Crippen LogP contribution in [-0.4, -0.2) is 24.7 Å². The molecule has 3 nitrogen and oxygen atoms in total. The Bertz CT molecular complexity index is 280. The van der Waals surface area contributed by atoms with Gasteiger partial charge in [0.05, 0.1) is 0 Å². The Morgan fingerprint density at radius 1 is 1.28 bits per heavy atom. The third kappa shape index (κ3) is 3.47. The number of carbonyl (C=O) groups is 1. The summed E-state index contributed by atoms with van der Waals surface area (Å²) in [7, 11) is 0. The van der Waals surface area contributed by atoms with Crippen LogP contribution in [0.2, 0.25) is 0 Å². The second-order valence-corrected chi connectivity index (χ2v) is 6.04. The molecule has 3 heteroatoms. The van der Waals surface area contributed by atoms with Crippen LogP contribution in [0.3, 0.4) is 0 Å². The molecule has 2 fully saturated rings. The Kier molecular flexibility index (Phi) is 5.04. The van der Waals surface area contributed by atoms with Crippen LogP contribution < -0.4 is 5.32 Å². The lowest BCUT2D eigenvalue weighted by Gasteiger charge is -2.32. The van der Waals surface area contributed by atoms with Crippen LogP contribution in [0.5, 0.6) is 0 Å². The molecule has 0 aromatic heterocycles. The van der Waals surface area contributed by atoms with E-state index in [9.17, 15) is 4.79 Å². The quantitative estimate of drug-likeness (QED) is 0.786. The Morgan fingerprint density at radius 2 is 2.06 bits per heavy atom. The van der Waals surface area contributed by atoms with Gasteiger partial charge in [-0.15, -0.1) is 0 Å². The van der Waals surface area contributed by atoms with Crippen LogP contribution >= 0.6 is 0 Å². The summed E-state index contributed by atoms with van der Waals surface area (Å²) in [5.41, 5.74) is 0. The van der Waals surface area contributed by atoms with Gasteiger partial charge < -0.3 is 10.1 Å². The van der Waals surface area contributed by atoms with Gasteiger partial charge in [0.25, 0.3) is 0 Å². The molecule has 1 aliphatic heterocycles. The maximum atomic E-state index is 12.2. The van der Waals surface area contributed by atoms with Gasteiger partial charge in [0.2, 0.25) is 0 Å². The molecule has 0 spiro atoms. The second kappa shape index (κ2) is 6.55. The summed E-state index contributed by atoms with van der Waals surface area (Å²) in [6, 6.07) is -0.0576. The van der Waals surface area contributed by atoms with E-state index < -0.39 is 0 Å². The minimum atomic E-state index is -0.0576. The van der Waals surface area contributed by atoms with E-state index in [0.29, 0.717) is 11.8 Å². The zero-order valence-corrected chi connectivity index (χ0v) is 11.8. The van der Waals surface area contributed by atoms with Crippen LogP contribution in [0, 0.1) is 11.8 Å². The molecular formula is C15H27NO2. The standard InChI is InChI=1S/C15H27NO2/c1-3-12-8-9-16-13(10-12)15(17)18-14-7-5-4-6-11(14)2/h11-14,16H,3-10H2,1-2H3. The molecule has 18 heavy (non-hydrogen) atoms. The normalized spacial score (nSPS) is 37.2. The van der Waals surface area contributed by atoms with Gasteiger partial charge in [-0.2, -0.15) is 0 Å². The third-order valence-corrected chi connectivity index (χ3v) is 4.67. The SMILES string of the molecule is CCC1CCNC(C(=O)OC2CCCCC2C)C1. The lowest BCUT2D eigenvalue weighted by atomic mass is 9.87. The topological polar surface area (TPSA) is 38.3 Å². The molecule has 2 aliphatic rings. The van der Waals surface area contributed by atoms with E-state index in [1.807, 2.05) is 0 Å². The molecule has 2 rings (SSSR count). The summed E-state index contributed by atoms with van der Waals surface area (Å²) in [5.74, 6) is 1.22. The van der Waals surface area contributed by atoms with Gasteiger partial charge in [-0.1, -0.05) is 26.7 Å². The summed E-state index contributed by atoms with van der Waals surface area (Å²) < 4.78 is 5.73. The Balaban J connectivity index is 1.83. The highest BCUT2D eigenvalue weighted by atomic mass is 16.5. The molecule has 0 amide bonds. The average molecular weight is 253 g/mol. The number of piperidine rings is 1. The van der Waals surface area contributed by atoms with Crippen LogP contribution in [0.1, 0.15) is 58.8 Å². The van der Waals surface area contributed by atoms with Gasteiger partial charge in [0.15, 0.2) is 0 Å².